The van der Waals surface area contributed by atoms with Gasteiger partial charge in [-0.25, -0.2) is 4.39 Å². The number of halogens is 1. The van der Waals surface area contributed by atoms with Crippen LogP contribution in [0.1, 0.15) is 23.2 Å². The van der Waals surface area contributed by atoms with E-state index in [0.29, 0.717) is 35.9 Å². The van der Waals surface area contributed by atoms with Gasteiger partial charge in [0.15, 0.2) is 0 Å². The van der Waals surface area contributed by atoms with Gasteiger partial charge < -0.3 is 24.8 Å². The molecule has 0 spiro atoms. The maximum atomic E-state index is 13.4. The molecule has 3 rings (SSSR count). The van der Waals surface area contributed by atoms with Crippen LogP contribution in [-0.2, 0) is 4.79 Å². The van der Waals surface area contributed by atoms with Gasteiger partial charge in [-0.2, -0.15) is 0 Å². The van der Waals surface area contributed by atoms with Gasteiger partial charge in [0.2, 0.25) is 5.91 Å². The molecule has 0 unspecified atom stereocenters. The SMILES string of the molecule is COc1ccc(OCCCC(=O)Nc2ccc(OC)c(NC(=O)c3cccc(F)c3)c2)cc1. The van der Waals surface area contributed by atoms with E-state index < -0.39 is 11.7 Å². The molecule has 0 aliphatic rings. The first-order chi connectivity index (χ1) is 16.0. The van der Waals surface area contributed by atoms with E-state index in [1.54, 1.807) is 49.6 Å². The van der Waals surface area contributed by atoms with Gasteiger partial charge in [0, 0.05) is 17.7 Å². The zero-order valence-electron chi connectivity index (χ0n) is 18.4. The molecule has 0 saturated carbocycles. The molecule has 33 heavy (non-hydrogen) atoms. The number of benzene rings is 3. The van der Waals surface area contributed by atoms with Crippen LogP contribution in [0.5, 0.6) is 17.2 Å². The fraction of sp³-hybridized carbons (Fsp3) is 0.200. The van der Waals surface area contributed by atoms with E-state index in [0.717, 1.165) is 11.8 Å². The zero-order valence-corrected chi connectivity index (χ0v) is 18.4. The predicted molar refractivity (Wildman–Crippen MR) is 124 cm³/mol. The molecule has 0 saturated heterocycles. The number of hydrogen-bond donors (Lipinski definition) is 2. The first-order valence-corrected chi connectivity index (χ1v) is 10.3. The second-order valence-electron chi connectivity index (χ2n) is 7.06. The van der Waals surface area contributed by atoms with E-state index in [1.165, 1.54) is 25.3 Å². The standard InChI is InChI=1S/C25H25FN2O5/c1-31-20-9-11-21(12-10-20)33-14-4-7-24(29)27-19-8-13-23(32-2)22(16-19)28-25(30)17-5-3-6-18(26)15-17/h3,5-6,8-13,15-16H,4,7,14H2,1-2H3,(H,27,29)(H,28,30). The fourth-order valence-electron chi connectivity index (χ4n) is 3.03. The maximum Gasteiger partial charge on any atom is 0.255 e. The average Bonchev–Trinajstić information content (AvgIpc) is 2.82. The third-order valence-electron chi connectivity index (χ3n) is 4.69. The summed E-state index contributed by atoms with van der Waals surface area (Å²) in [7, 11) is 3.06. The Morgan fingerprint density at radius 2 is 1.64 bits per heavy atom. The largest absolute Gasteiger partial charge is 0.497 e. The summed E-state index contributed by atoms with van der Waals surface area (Å²) in [4.78, 5) is 24.8. The second kappa shape index (κ2) is 11.5. The Labute approximate surface area is 191 Å². The third-order valence-corrected chi connectivity index (χ3v) is 4.69. The summed E-state index contributed by atoms with van der Waals surface area (Å²) in [6, 6.07) is 17.4. The molecular weight excluding hydrogens is 427 g/mol. The summed E-state index contributed by atoms with van der Waals surface area (Å²) >= 11 is 0. The highest BCUT2D eigenvalue weighted by atomic mass is 19.1. The molecule has 2 N–H and O–H groups in total. The lowest BCUT2D eigenvalue weighted by molar-refractivity contribution is -0.116. The van der Waals surface area contributed by atoms with Crippen LogP contribution in [0, 0.1) is 5.82 Å². The van der Waals surface area contributed by atoms with Crippen molar-refractivity contribution in [1.82, 2.24) is 0 Å². The summed E-state index contributed by atoms with van der Waals surface area (Å²) in [6.45, 7) is 0.386. The lowest BCUT2D eigenvalue weighted by Crippen LogP contribution is -2.15. The monoisotopic (exact) mass is 452 g/mol. The van der Waals surface area contributed by atoms with Gasteiger partial charge in [0.1, 0.15) is 23.1 Å². The molecule has 0 aliphatic carbocycles. The molecule has 8 heteroatoms. The number of methoxy groups -OCH3 is 2. The van der Waals surface area contributed by atoms with E-state index in [1.807, 2.05) is 0 Å². The number of hydrogen-bond acceptors (Lipinski definition) is 5. The molecule has 0 bridgehead atoms. The maximum absolute atomic E-state index is 13.4. The van der Waals surface area contributed by atoms with Gasteiger partial charge in [0.25, 0.3) is 5.91 Å². The molecule has 0 aromatic heterocycles. The van der Waals surface area contributed by atoms with Crippen molar-refractivity contribution >= 4 is 23.2 Å². The molecule has 0 radical (unpaired) electrons. The van der Waals surface area contributed by atoms with Crippen molar-refractivity contribution in [1.29, 1.82) is 0 Å². The molecule has 0 fully saturated rings. The summed E-state index contributed by atoms with van der Waals surface area (Å²) in [5.74, 6) is 0.655. The van der Waals surface area contributed by atoms with Crippen molar-refractivity contribution in [2.45, 2.75) is 12.8 Å². The molecule has 0 atom stereocenters. The predicted octanol–water partition coefficient (Wildman–Crippen LogP) is 4.89. The lowest BCUT2D eigenvalue weighted by Gasteiger charge is -2.13. The molecule has 0 aliphatic heterocycles. The Bertz CT molecular complexity index is 1100. The summed E-state index contributed by atoms with van der Waals surface area (Å²) in [6.07, 6.45) is 0.782. The van der Waals surface area contributed by atoms with Gasteiger partial charge in [-0.1, -0.05) is 6.07 Å². The van der Waals surface area contributed by atoms with Crippen molar-refractivity contribution in [3.05, 3.63) is 78.1 Å². The number of rotatable bonds is 10. The summed E-state index contributed by atoms with van der Waals surface area (Å²) in [5, 5.41) is 5.48. The number of ether oxygens (including phenoxy) is 3. The normalized spacial score (nSPS) is 10.3. The first-order valence-electron chi connectivity index (χ1n) is 10.3. The van der Waals surface area contributed by atoms with Gasteiger partial charge in [0.05, 0.1) is 26.5 Å². The van der Waals surface area contributed by atoms with Crippen molar-refractivity contribution < 1.29 is 28.2 Å². The average molecular weight is 452 g/mol. The summed E-state index contributed by atoms with van der Waals surface area (Å²) < 4.78 is 29.4. The van der Waals surface area contributed by atoms with E-state index in [9.17, 15) is 14.0 Å². The Morgan fingerprint density at radius 3 is 2.33 bits per heavy atom. The van der Waals surface area contributed by atoms with Crippen LogP contribution in [0.15, 0.2) is 66.7 Å². The van der Waals surface area contributed by atoms with Crippen molar-refractivity contribution in [2.75, 3.05) is 31.5 Å². The highest BCUT2D eigenvalue weighted by molar-refractivity contribution is 6.05. The summed E-state index contributed by atoms with van der Waals surface area (Å²) in [5.41, 5.74) is 1.02. The van der Waals surface area contributed by atoms with Crippen LogP contribution >= 0.6 is 0 Å². The molecule has 7 nitrogen and oxygen atoms in total. The minimum absolute atomic E-state index is 0.170. The van der Waals surface area contributed by atoms with E-state index in [-0.39, 0.29) is 17.9 Å². The van der Waals surface area contributed by atoms with Gasteiger partial charge >= 0.3 is 0 Å². The minimum atomic E-state index is -0.508. The molecule has 3 aromatic rings. The van der Waals surface area contributed by atoms with Gasteiger partial charge in [-0.3, -0.25) is 9.59 Å². The minimum Gasteiger partial charge on any atom is -0.497 e. The molecule has 172 valence electrons. The molecular formula is C25H25FN2O5. The number of carbonyl (C=O) groups excluding carboxylic acids is 2. The third kappa shape index (κ3) is 6.96. The Kier molecular flexibility index (Phi) is 8.24. The van der Waals surface area contributed by atoms with Gasteiger partial charge in [-0.15, -0.1) is 0 Å². The lowest BCUT2D eigenvalue weighted by atomic mass is 10.2. The molecule has 0 heterocycles. The van der Waals surface area contributed by atoms with E-state index in [2.05, 4.69) is 10.6 Å². The van der Waals surface area contributed by atoms with E-state index in [4.69, 9.17) is 14.2 Å². The van der Waals surface area contributed by atoms with Gasteiger partial charge in [-0.05, 0) is 67.1 Å². The number of carbonyl (C=O) groups is 2. The molecule has 2 amide bonds. The van der Waals surface area contributed by atoms with E-state index >= 15 is 0 Å². The van der Waals surface area contributed by atoms with Crippen LogP contribution < -0.4 is 24.8 Å². The second-order valence-corrected chi connectivity index (χ2v) is 7.06. The topological polar surface area (TPSA) is 85.9 Å². The highest BCUT2D eigenvalue weighted by Gasteiger charge is 2.12. The highest BCUT2D eigenvalue weighted by Crippen LogP contribution is 2.28. The van der Waals surface area contributed by atoms with Crippen LogP contribution in [-0.4, -0.2) is 32.6 Å². The van der Waals surface area contributed by atoms with Crippen molar-refractivity contribution in [3.63, 3.8) is 0 Å². The number of nitrogens with one attached hydrogen (secondary N) is 2. The Balaban J connectivity index is 1.53. The van der Waals surface area contributed by atoms with Crippen LogP contribution in [0.3, 0.4) is 0 Å². The quantitative estimate of drug-likeness (QED) is 0.428. The van der Waals surface area contributed by atoms with Crippen LogP contribution in [0.25, 0.3) is 0 Å². The number of anilines is 2. The van der Waals surface area contributed by atoms with Crippen molar-refractivity contribution in [3.8, 4) is 17.2 Å². The van der Waals surface area contributed by atoms with Crippen molar-refractivity contribution in [2.24, 2.45) is 0 Å². The number of amides is 2. The fourth-order valence-corrected chi connectivity index (χ4v) is 3.03. The van der Waals surface area contributed by atoms with Crippen LogP contribution in [0.4, 0.5) is 15.8 Å². The first kappa shape index (κ1) is 23.6. The zero-order chi connectivity index (χ0) is 23.6. The Morgan fingerprint density at radius 1 is 0.879 bits per heavy atom. The smallest absolute Gasteiger partial charge is 0.255 e. The molecule has 3 aromatic carbocycles. The van der Waals surface area contributed by atoms with Crippen LogP contribution in [0.2, 0.25) is 0 Å². The Hall–Kier alpha value is -4.07.